The van der Waals surface area contributed by atoms with Gasteiger partial charge in [-0.1, -0.05) is 17.7 Å². The molecule has 1 N–H and O–H groups in total. The third-order valence-electron chi connectivity index (χ3n) is 3.70. The zero-order valence-corrected chi connectivity index (χ0v) is 15.9. The lowest BCUT2D eigenvalue weighted by Gasteiger charge is -2.21. The minimum absolute atomic E-state index is 0.0817. The van der Waals surface area contributed by atoms with Crippen LogP contribution in [0.3, 0.4) is 0 Å². The molecule has 2 aromatic carbocycles. The lowest BCUT2D eigenvalue weighted by molar-refractivity contribution is 0.354. The van der Waals surface area contributed by atoms with Gasteiger partial charge in [0.05, 0.1) is 19.2 Å². The Labute approximate surface area is 157 Å². The lowest BCUT2D eigenvalue weighted by atomic mass is 10.1. The zero-order chi connectivity index (χ0) is 18.4. The van der Waals surface area contributed by atoms with Crippen LogP contribution in [-0.2, 0) is 6.42 Å². The van der Waals surface area contributed by atoms with Gasteiger partial charge in [-0.25, -0.2) is 4.39 Å². The smallest absolute Gasteiger partial charge is 0.173 e. The molecule has 7 heteroatoms. The van der Waals surface area contributed by atoms with Crippen molar-refractivity contribution in [2.75, 3.05) is 33.1 Å². The van der Waals surface area contributed by atoms with Crippen LogP contribution in [0.15, 0.2) is 36.4 Å². The van der Waals surface area contributed by atoms with Crippen molar-refractivity contribution in [3.63, 3.8) is 0 Å². The molecule has 0 saturated carbocycles. The molecule has 0 aliphatic heterocycles. The number of methoxy groups -OCH3 is 2. The molecule has 2 rings (SSSR count). The second kappa shape index (κ2) is 8.87. The monoisotopic (exact) mass is 382 g/mol. The second-order valence-electron chi connectivity index (χ2n) is 5.42. The summed E-state index contributed by atoms with van der Waals surface area (Å²) in [6, 6.07) is 10.3. The molecule has 0 spiro atoms. The number of anilines is 1. The number of likely N-dealkylation sites (N-methyl/N-ethyl adjacent to an activating group) is 1. The van der Waals surface area contributed by atoms with Crippen LogP contribution < -0.4 is 14.8 Å². The van der Waals surface area contributed by atoms with E-state index in [0.717, 1.165) is 12.0 Å². The highest BCUT2D eigenvalue weighted by Crippen LogP contribution is 2.27. The molecular weight excluding hydrogens is 363 g/mol. The summed E-state index contributed by atoms with van der Waals surface area (Å²) in [6.45, 7) is 0.692. The van der Waals surface area contributed by atoms with E-state index in [1.165, 1.54) is 12.1 Å². The molecule has 0 radical (unpaired) electrons. The van der Waals surface area contributed by atoms with Gasteiger partial charge in [-0.05, 0) is 54.5 Å². The number of hydrogen-bond acceptors (Lipinski definition) is 3. The van der Waals surface area contributed by atoms with E-state index in [9.17, 15) is 4.39 Å². The van der Waals surface area contributed by atoms with Gasteiger partial charge in [0.15, 0.2) is 16.6 Å². The third-order valence-corrected chi connectivity index (χ3v) is 4.42. The van der Waals surface area contributed by atoms with E-state index in [0.29, 0.717) is 28.8 Å². The van der Waals surface area contributed by atoms with Crippen LogP contribution in [0.4, 0.5) is 10.1 Å². The van der Waals surface area contributed by atoms with Crippen LogP contribution in [0.25, 0.3) is 0 Å². The summed E-state index contributed by atoms with van der Waals surface area (Å²) in [5.74, 6) is 0.906. The minimum atomic E-state index is -0.484. The number of nitrogens with one attached hydrogen (secondary N) is 1. The van der Waals surface area contributed by atoms with Gasteiger partial charge in [-0.2, -0.15) is 0 Å². The predicted molar refractivity (Wildman–Crippen MR) is 104 cm³/mol. The van der Waals surface area contributed by atoms with Crippen molar-refractivity contribution in [2.45, 2.75) is 6.42 Å². The fraction of sp³-hybridized carbons (Fsp3) is 0.278. The first-order valence-electron chi connectivity index (χ1n) is 7.62. The van der Waals surface area contributed by atoms with E-state index in [2.05, 4.69) is 5.32 Å². The fourth-order valence-electron chi connectivity index (χ4n) is 2.23. The normalized spacial score (nSPS) is 10.3. The summed E-state index contributed by atoms with van der Waals surface area (Å²) < 4.78 is 24.0. The summed E-state index contributed by atoms with van der Waals surface area (Å²) in [4.78, 5) is 1.89. The molecular formula is C18H20ClFN2O2S. The highest BCUT2D eigenvalue weighted by atomic mass is 35.5. The number of thiocarbonyl (C=S) groups is 1. The van der Waals surface area contributed by atoms with Crippen LogP contribution in [0.1, 0.15) is 5.56 Å². The molecule has 0 aliphatic carbocycles. The van der Waals surface area contributed by atoms with Crippen LogP contribution in [-0.4, -0.2) is 37.8 Å². The average Bonchev–Trinajstić information content (AvgIpc) is 2.62. The quantitative estimate of drug-likeness (QED) is 0.750. The number of rotatable bonds is 6. The van der Waals surface area contributed by atoms with E-state index in [4.69, 9.17) is 33.3 Å². The van der Waals surface area contributed by atoms with Crippen molar-refractivity contribution in [2.24, 2.45) is 0 Å². The highest BCUT2D eigenvalue weighted by molar-refractivity contribution is 7.80. The van der Waals surface area contributed by atoms with E-state index >= 15 is 0 Å². The maximum Gasteiger partial charge on any atom is 0.173 e. The molecule has 0 amide bonds. The van der Waals surface area contributed by atoms with Gasteiger partial charge in [0.1, 0.15) is 5.82 Å². The summed E-state index contributed by atoms with van der Waals surface area (Å²) in [5.41, 5.74) is 1.66. The molecule has 0 aromatic heterocycles. The molecule has 4 nitrogen and oxygen atoms in total. The van der Waals surface area contributed by atoms with Gasteiger partial charge in [0, 0.05) is 19.3 Å². The van der Waals surface area contributed by atoms with Gasteiger partial charge in [-0.3, -0.25) is 0 Å². The van der Waals surface area contributed by atoms with Gasteiger partial charge >= 0.3 is 0 Å². The molecule has 0 unspecified atom stereocenters. The van der Waals surface area contributed by atoms with E-state index < -0.39 is 5.82 Å². The first kappa shape index (κ1) is 19.3. The van der Waals surface area contributed by atoms with Crippen LogP contribution in [0.2, 0.25) is 5.02 Å². The second-order valence-corrected chi connectivity index (χ2v) is 6.21. The van der Waals surface area contributed by atoms with E-state index in [-0.39, 0.29) is 5.02 Å². The van der Waals surface area contributed by atoms with Gasteiger partial charge < -0.3 is 19.7 Å². The average molecular weight is 383 g/mol. The third kappa shape index (κ3) is 5.21. The SMILES string of the molecule is COc1ccc(CCN(C)C(=S)Nc2ccc(Cl)c(F)c2)cc1OC. The van der Waals surface area contributed by atoms with Crippen molar-refractivity contribution < 1.29 is 13.9 Å². The molecule has 2 aromatic rings. The van der Waals surface area contributed by atoms with Crippen LogP contribution in [0.5, 0.6) is 11.5 Å². The van der Waals surface area contributed by atoms with Gasteiger partial charge in [0.25, 0.3) is 0 Å². The molecule has 0 saturated heterocycles. The summed E-state index contributed by atoms with van der Waals surface area (Å²) in [5, 5.41) is 3.58. The standard InChI is InChI=1S/C18H20ClFN2O2S/c1-22(18(25)21-13-5-6-14(19)15(20)11-13)9-8-12-4-7-16(23-2)17(10-12)24-3/h4-7,10-11H,8-9H2,1-3H3,(H,21,25). The molecule has 25 heavy (non-hydrogen) atoms. The molecule has 0 aliphatic rings. The number of hydrogen-bond donors (Lipinski definition) is 1. The fourth-order valence-corrected chi connectivity index (χ4v) is 2.55. The van der Waals surface area contributed by atoms with E-state index in [1.807, 2.05) is 30.1 Å². The summed E-state index contributed by atoms with van der Waals surface area (Å²) in [6.07, 6.45) is 0.771. The maximum absolute atomic E-state index is 13.5. The Morgan fingerprint density at radius 1 is 1.16 bits per heavy atom. The topological polar surface area (TPSA) is 33.7 Å². The Bertz CT molecular complexity index is 758. The Hall–Kier alpha value is -2.05. The van der Waals surface area contributed by atoms with Gasteiger partial charge in [-0.15, -0.1) is 0 Å². The van der Waals surface area contributed by atoms with Crippen LogP contribution >= 0.6 is 23.8 Å². The zero-order valence-electron chi connectivity index (χ0n) is 14.3. The van der Waals surface area contributed by atoms with Crippen molar-refractivity contribution in [3.8, 4) is 11.5 Å². The molecule has 134 valence electrons. The summed E-state index contributed by atoms with van der Waals surface area (Å²) >= 11 is 11.0. The molecule has 0 atom stereocenters. The Kier molecular flexibility index (Phi) is 6.84. The largest absolute Gasteiger partial charge is 0.493 e. The van der Waals surface area contributed by atoms with E-state index in [1.54, 1.807) is 20.3 Å². The Morgan fingerprint density at radius 2 is 1.88 bits per heavy atom. The van der Waals surface area contributed by atoms with Crippen molar-refractivity contribution in [1.82, 2.24) is 4.90 Å². The van der Waals surface area contributed by atoms with Crippen molar-refractivity contribution >= 4 is 34.6 Å². The van der Waals surface area contributed by atoms with Crippen molar-refractivity contribution in [3.05, 3.63) is 52.8 Å². The minimum Gasteiger partial charge on any atom is -0.493 e. The number of benzene rings is 2. The van der Waals surface area contributed by atoms with Crippen LogP contribution in [0, 0.1) is 5.82 Å². The Morgan fingerprint density at radius 3 is 2.52 bits per heavy atom. The molecule has 0 heterocycles. The predicted octanol–water partition coefficient (Wildman–Crippen LogP) is 4.37. The number of nitrogens with zero attached hydrogens (tertiary/aromatic N) is 1. The Balaban J connectivity index is 1.93. The molecule has 0 bridgehead atoms. The first-order valence-corrected chi connectivity index (χ1v) is 8.41. The van der Waals surface area contributed by atoms with Gasteiger partial charge in [0.2, 0.25) is 0 Å². The number of ether oxygens (including phenoxy) is 2. The molecule has 0 fully saturated rings. The maximum atomic E-state index is 13.5. The van der Waals surface area contributed by atoms with Crippen molar-refractivity contribution in [1.29, 1.82) is 0 Å². The summed E-state index contributed by atoms with van der Waals surface area (Å²) in [7, 11) is 5.09. The highest BCUT2D eigenvalue weighted by Gasteiger charge is 2.09. The number of halogens is 2. The first-order chi connectivity index (χ1) is 11.9. The lowest BCUT2D eigenvalue weighted by Crippen LogP contribution is -2.32.